The Morgan fingerprint density at radius 3 is 2.83 bits per heavy atom. The molecule has 1 aromatic heterocycles. The van der Waals surface area contributed by atoms with Gasteiger partial charge in [0, 0.05) is 19.2 Å². The Balaban J connectivity index is 2.77. The van der Waals surface area contributed by atoms with Gasteiger partial charge in [0.15, 0.2) is 0 Å². The number of rotatable bonds is 6. The molecule has 0 aromatic carbocycles. The lowest BCUT2D eigenvalue weighted by Crippen LogP contribution is -2.34. The fourth-order valence-corrected chi connectivity index (χ4v) is 1.83. The third-order valence-corrected chi connectivity index (χ3v) is 2.86. The maximum atomic E-state index is 12.1. The minimum atomic E-state index is -0.208. The van der Waals surface area contributed by atoms with E-state index in [0.717, 1.165) is 6.42 Å². The molecule has 18 heavy (non-hydrogen) atoms. The Bertz CT molecular complexity index is 414. The minimum Gasteiger partial charge on any atom is -0.396 e. The molecule has 1 heterocycles. The fourth-order valence-electron chi connectivity index (χ4n) is 1.83. The summed E-state index contributed by atoms with van der Waals surface area (Å²) in [5, 5.41) is 15.8. The van der Waals surface area contributed by atoms with Crippen LogP contribution in [0.3, 0.4) is 0 Å². The largest absolute Gasteiger partial charge is 0.396 e. The molecule has 1 unspecified atom stereocenters. The average molecular weight is 254 g/mol. The van der Waals surface area contributed by atoms with Crippen molar-refractivity contribution in [3.63, 3.8) is 0 Å². The van der Waals surface area contributed by atoms with Gasteiger partial charge >= 0.3 is 0 Å². The van der Waals surface area contributed by atoms with Gasteiger partial charge < -0.3 is 16.2 Å². The van der Waals surface area contributed by atoms with Crippen LogP contribution >= 0.6 is 0 Å². The molecule has 102 valence electrons. The predicted molar refractivity (Wildman–Crippen MR) is 70.3 cm³/mol. The third-order valence-electron chi connectivity index (χ3n) is 2.86. The van der Waals surface area contributed by atoms with Gasteiger partial charge in [-0.25, -0.2) is 0 Å². The summed E-state index contributed by atoms with van der Waals surface area (Å²) in [6.45, 7) is 6.34. The summed E-state index contributed by atoms with van der Waals surface area (Å²) in [7, 11) is 0. The van der Waals surface area contributed by atoms with E-state index in [1.54, 1.807) is 11.6 Å². The second-order valence-electron chi connectivity index (χ2n) is 4.40. The Hall–Kier alpha value is -1.56. The van der Waals surface area contributed by atoms with E-state index < -0.39 is 0 Å². The lowest BCUT2D eigenvalue weighted by atomic mass is 10.2. The van der Waals surface area contributed by atoms with E-state index >= 15 is 0 Å². The predicted octanol–water partition coefficient (Wildman–Crippen LogP) is 0.684. The molecule has 4 N–H and O–H groups in total. The van der Waals surface area contributed by atoms with Crippen molar-refractivity contribution in [2.24, 2.45) is 0 Å². The first-order valence-corrected chi connectivity index (χ1v) is 6.25. The van der Waals surface area contributed by atoms with Crippen LogP contribution < -0.4 is 11.1 Å². The monoisotopic (exact) mass is 254 g/mol. The van der Waals surface area contributed by atoms with E-state index in [4.69, 9.17) is 10.8 Å². The van der Waals surface area contributed by atoms with Gasteiger partial charge in [-0.3, -0.25) is 9.48 Å². The Morgan fingerprint density at radius 2 is 2.28 bits per heavy atom. The summed E-state index contributed by atoms with van der Waals surface area (Å²) in [4.78, 5) is 12.1. The zero-order valence-electron chi connectivity index (χ0n) is 11.2. The molecular formula is C12H22N4O2. The summed E-state index contributed by atoms with van der Waals surface area (Å²) in [5.41, 5.74) is 7.40. The van der Waals surface area contributed by atoms with E-state index in [1.807, 2.05) is 13.8 Å². The topological polar surface area (TPSA) is 93.2 Å². The number of nitrogens with two attached hydrogens (primary N) is 1. The van der Waals surface area contributed by atoms with Crippen LogP contribution in [0.25, 0.3) is 0 Å². The molecule has 0 aliphatic rings. The van der Waals surface area contributed by atoms with Gasteiger partial charge in [0.25, 0.3) is 5.91 Å². The van der Waals surface area contributed by atoms with Crippen molar-refractivity contribution in [2.75, 3.05) is 12.3 Å². The number of aliphatic hydroxyl groups excluding tert-OH is 1. The lowest BCUT2D eigenvalue weighted by Gasteiger charge is -2.14. The van der Waals surface area contributed by atoms with Crippen molar-refractivity contribution in [3.05, 3.63) is 11.4 Å². The van der Waals surface area contributed by atoms with E-state index in [-0.39, 0.29) is 18.6 Å². The Labute approximate surface area is 107 Å². The molecule has 0 aliphatic carbocycles. The molecule has 6 heteroatoms. The smallest absolute Gasteiger partial charge is 0.271 e. The molecule has 0 radical (unpaired) electrons. The molecule has 0 fully saturated rings. The number of nitrogens with zero attached hydrogens (tertiary/aromatic N) is 2. The number of aryl methyl sites for hydroxylation is 2. The summed E-state index contributed by atoms with van der Waals surface area (Å²) in [5.74, 6) is -0.208. The van der Waals surface area contributed by atoms with Crippen LogP contribution in [0.5, 0.6) is 0 Å². The highest BCUT2D eigenvalue weighted by atomic mass is 16.3. The molecule has 0 saturated heterocycles. The number of hydrogen-bond acceptors (Lipinski definition) is 4. The summed E-state index contributed by atoms with van der Waals surface area (Å²) in [6.07, 6.45) is 1.41. The van der Waals surface area contributed by atoms with Gasteiger partial charge in [0.2, 0.25) is 0 Å². The quantitative estimate of drug-likeness (QED) is 0.696. The van der Waals surface area contributed by atoms with E-state index in [9.17, 15) is 4.79 Å². The van der Waals surface area contributed by atoms with Crippen molar-refractivity contribution in [1.29, 1.82) is 0 Å². The normalized spacial score (nSPS) is 12.4. The molecule has 0 saturated carbocycles. The summed E-state index contributed by atoms with van der Waals surface area (Å²) in [6, 6.07) is 0.00422. The van der Waals surface area contributed by atoms with Crippen molar-refractivity contribution in [3.8, 4) is 0 Å². The summed E-state index contributed by atoms with van der Waals surface area (Å²) >= 11 is 0. The number of nitrogens with one attached hydrogen (secondary N) is 1. The van der Waals surface area contributed by atoms with Crippen LogP contribution in [0.4, 0.5) is 5.69 Å². The Kier molecular flexibility index (Phi) is 5.15. The molecular weight excluding hydrogens is 232 g/mol. The molecule has 6 nitrogen and oxygen atoms in total. The molecule has 1 amide bonds. The maximum absolute atomic E-state index is 12.1. The molecule has 0 bridgehead atoms. The van der Waals surface area contributed by atoms with Crippen LogP contribution in [0.15, 0.2) is 0 Å². The number of aromatic nitrogens is 2. The highest BCUT2D eigenvalue weighted by Gasteiger charge is 2.20. The number of nitrogen functional groups attached to an aromatic ring is 1. The first-order valence-electron chi connectivity index (χ1n) is 6.25. The fraction of sp³-hybridized carbons (Fsp3) is 0.667. The van der Waals surface area contributed by atoms with Gasteiger partial charge in [-0.15, -0.1) is 0 Å². The number of aliphatic hydroxyl groups is 1. The highest BCUT2D eigenvalue weighted by molar-refractivity contribution is 5.98. The van der Waals surface area contributed by atoms with Crippen molar-refractivity contribution in [2.45, 2.75) is 46.2 Å². The van der Waals surface area contributed by atoms with Crippen LogP contribution in [-0.2, 0) is 6.54 Å². The third kappa shape index (κ3) is 3.22. The van der Waals surface area contributed by atoms with Gasteiger partial charge in [0.1, 0.15) is 5.69 Å². The zero-order valence-corrected chi connectivity index (χ0v) is 11.2. The standard InChI is InChI=1S/C12H22N4O2/c1-4-16-11(10(13)9(3)15-16)12(18)14-8(2)6-5-7-17/h8,17H,4-7,13H2,1-3H3,(H,14,18). The second kappa shape index (κ2) is 6.39. The van der Waals surface area contributed by atoms with Gasteiger partial charge in [0.05, 0.1) is 11.4 Å². The SMILES string of the molecule is CCn1nc(C)c(N)c1C(=O)NC(C)CCCO. The lowest BCUT2D eigenvalue weighted by molar-refractivity contribution is 0.0926. The average Bonchev–Trinajstić information content (AvgIpc) is 2.62. The zero-order chi connectivity index (χ0) is 13.7. The van der Waals surface area contributed by atoms with E-state index in [0.29, 0.717) is 30.0 Å². The molecule has 0 aliphatic heterocycles. The number of carbonyl (C=O) groups is 1. The molecule has 0 spiro atoms. The van der Waals surface area contributed by atoms with Crippen molar-refractivity contribution < 1.29 is 9.90 Å². The summed E-state index contributed by atoms with van der Waals surface area (Å²) < 4.78 is 1.61. The Morgan fingerprint density at radius 1 is 1.61 bits per heavy atom. The van der Waals surface area contributed by atoms with E-state index in [2.05, 4.69) is 10.4 Å². The number of amides is 1. The van der Waals surface area contributed by atoms with Gasteiger partial charge in [-0.1, -0.05) is 0 Å². The molecule has 1 atom stereocenters. The van der Waals surface area contributed by atoms with Gasteiger partial charge in [-0.05, 0) is 33.6 Å². The van der Waals surface area contributed by atoms with Crippen molar-refractivity contribution >= 4 is 11.6 Å². The molecule has 1 aromatic rings. The minimum absolute atomic E-state index is 0.00422. The van der Waals surface area contributed by atoms with Crippen molar-refractivity contribution in [1.82, 2.24) is 15.1 Å². The number of carbonyl (C=O) groups excluding carboxylic acids is 1. The van der Waals surface area contributed by atoms with Crippen LogP contribution in [0, 0.1) is 6.92 Å². The van der Waals surface area contributed by atoms with Gasteiger partial charge in [-0.2, -0.15) is 5.10 Å². The first kappa shape index (κ1) is 14.5. The van der Waals surface area contributed by atoms with Crippen LogP contribution in [-0.4, -0.2) is 33.4 Å². The maximum Gasteiger partial charge on any atom is 0.271 e. The van der Waals surface area contributed by atoms with Crippen LogP contribution in [0.1, 0.15) is 42.9 Å². The number of hydrogen-bond donors (Lipinski definition) is 3. The van der Waals surface area contributed by atoms with Crippen LogP contribution in [0.2, 0.25) is 0 Å². The highest BCUT2D eigenvalue weighted by Crippen LogP contribution is 2.16. The number of anilines is 1. The molecule has 1 rings (SSSR count). The second-order valence-corrected chi connectivity index (χ2v) is 4.40. The first-order chi connectivity index (χ1) is 8.51. The van der Waals surface area contributed by atoms with E-state index in [1.165, 1.54) is 0 Å².